The number of esters is 2. The van der Waals surface area contributed by atoms with E-state index in [9.17, 15) is 19.2 Å². The van der Waals surface area contributed by atoms with Crippen LogP contribution in [0.4, 0.5) is 0 Å². The molecule has 1 rings (SSSR count). The molecule has 0 aliphatic rings. The monoisotopic (exact) mass is 266 g/mol. The Labute approximate surface area is 107 Å². The van der Waals surface area contributed by atoms with E-state index in [0.29, 0.717) is 6.29 Å². The number of carboxylic acids is 1. The Morgan fingerprint density at radius 1 is 1.11 bits per heavy atom. The van der Waals surface area contributed by atoms with Gasteiger partial charge in [-0.15, -0.1) is 0 Å². The third-order valence-corrected chi connectivity index (χ3v) is 1.96. The molecule has 1 N–H and O–H groups in total. The first-order valence-electron chi connectivity index (χ1n) is 5.08. The first-order valence-corrected chi connectivity index (χ1v) is 5.08. The molecule has 100 valence electrons. The maximum atomic E-state index is 11.1. The van der Waals surface area contributed by atoms with Crippen molar-refractivity contribution < 1.29 is 33.8 Å². The maximum Gasteiger partial charge on any atom is 0.339 e. The molecule has 0 radical (unpaired) electrons. The van der Waals surface area contributed by atoms with Crippen LogP contribution in [0.2, 0.25) is 0 Å². The quantitative estimate of drug-likeness (QED) is 0.493. The smallest absolute Gasteiger partial charge is 0.339 e. The number of aldehydes is 1. The summed E-state index contributed by atoms with van der Waals surface area (Å²) in [4.78, 5) is 43.7. The fraction of sp³-hybridized carbons (Fsp3) is 0.167. The lowest BCUT2D eigenvalue weighted by molar-refractivity contribution is -0.133. The lowest BCUT2D eigenvalue weighted by Crippen LogP contribution is -2.11. The highest BCUT2D eigenvalue weighted by molar-refractivity contribution is 5.97. The third kappa shape index (κ3) is 3.63. The highest BCUT2D eigenvalue weighted by atomic mass is 16.5. The largest absolute Gasteiger partial charge is 0.478 e. The maximum absolute atomic E-state index is 11.1. The van der Waals surface area contributed by atoms with Gasteiger partial charge in [0, 0.05) is 13.8 Å². The number of carboxylic acid groups (broad SMARTS) is 1. The number of ether oxygens (including phenoxy) is 2. The summed E-state index contributed by atoms with van der Waals surface area (Å²) >= 11 is 0. The molecule has 0 aliphatic heterocycles. The van der Waals surface area contributed by atoms with Crippen molar-refractivity contribution >= 4 is 24.2 Å². The highest BCUT2D eigenvalue weighted by Crippen LogP contribution is 2.29. The summed E-state index contributed by atoms with van der Waals surface area (Å²) in [5.41, 5.74) is -0.651. The first-order chi connectivity index (χ1) is 8.85. The van der Waals surface area contributed by atoms with E-state index < -0.39 is 23.5 Å². The summed E-state index contributed by atoms with van der Waals surface area (Å²) in [6, 6.07) is 2.11. The van der Waals surface area contributed by atoms with Crippen molar-refractivity contribution in [2.45, 2.75) is 13.8 Å². The van der Waals surface area contributed by atoms with Crippen LogP contribution >= 0.6 is 0 Å². The van der Waals surface area contributed by atoms with Crippen LogP contribution in [0.3, 0.4) is 0 Å². The molecule has 0 saturated carbocycles. The van der Waals surface area contributed by atoms with Crippen LogP contribution in [-0.4, -0.2) is 29.3 Å². The molecule has 7 heteroatoms. The fourth-order valence-corrected chi connectivity index (χ4v) is 1.35. The predicted molar refractivity (Wildman–Crippen MR) is 61.4 cm³/mol. The van der Waals surface area contributed by atoms with Gasteiger partial charge in [-0.05, 0) is 12.1 Å². The Bertz CT molecular complexity index is 559. The molecule has 0 aromatic heterocycles. The molecule has 0 heterocycles. The molecular formula is C12H10O7. The van der Waals surface area contributed by atoms with Crippen LogP contribution in [0.5, 0.6) is 11.5 Å². The van der Waals surface area contributed by atoms with E-state index in [1.54, 1.807) is 0 Å². The van der Waals surface area contributed by atoms with Crippen molar-refractivity contribution in [2.24, 2.45) is 0 Å². The van der Waals surface area contributed by atoms with Crippen molar-refractivity contribution in [3.63, 3.8) is 0 Å². The van der Waals surface area contributed by atoms with Gasteiger partial charge < -0.3 is 14.6 Å². The molecule has 0 fully saturated rings. The summed E-state index contributed by atoms with van der Waals surface area (Å²) < 4.78 is 9.40. The standard InChI is InChI=1S/C12H10O7/c1-6(14)18-9-3-8(5-13)11(19-7(2)15)10(4-9)12(16)17/h3-5H,1-2H3,(H,16,17). The van der Waals surface area contributed by atoms with E-state index >= 15 is 0 Å². The number of aromatic carboxylic acids is 1. The third-order valence-electron chi connectivity index (χ3n) is 1.96. The van der Waals surface area contributed by atoms with E-state index in [1.165, 1.54) is 0 Å². The van der Waals surface area contributed by atoms with Crippen molar-refractivity contribution in [2.75, 3.05) is 0 Å². The minimum atomic E-state index is -1.42. The van der Waals surface area contributed by atoms with Crippen LogP contribution in [-0.2, 0) is 9.59 Å². The SMILES string of the molecule is CC(=O)Oc1cc(C=O)c(OC(C)=O)c(C(=O)O)c1. The lowest BCUT2D eigenvalue weighted by Gasteiger charge is -2.10. The van der Waals surface area contributed by atoms with E-state index in [-0.39, 0.29) is 17.1 Å². The second kappa shape index (κ2) is 5.76. The molecule has 19 heavy (non-hydrogen) atoms. The summed E-state index contributed by atoms with van der Waals surface area (Å²) in [5.74, 6) is -3.37. The Morgan fingerprint density at radius 2 is 1.68 bits per heavy atom. The van der Waals surface area contributed by atoms with Gasteiger partial charge in [-0.1, -0.05) is 0 Å². The molecular weight excluding hydrogens is 256 g/mol. The topological polar surface area (TPSA) is 107 Å². The minimum absolute atomic E-state index is 0.122. The van der Waals surface area contributed by atoms with E-state index in [1.807, 2.05) is 0 Å². The van der Waals surface area contributed by atoms with E-state index in [4.69, 9.17) is 14.6 Å². The minimum Gasteiger partial charge on any atom is -0.478 e. The number of carbonyl (C=O) groups excluding carboxylic acids is 3. The van der Waals surface area contributed by atoms with Crippen molar-refractivity contribution in [1.29, 1.82) is 0 Å². The van der Waals surface area contributed by atoms with Crippen LogP contribution in [0.15, 0.2) is 12.1 Å². The normalized spacial score (nSPS) is 9.58. The average molecular weight is 266 g/mol. The van der Waals surface area contributed by atoms with Crippen LogP contribution in [0, 0.1) is 0 Å². The molecule has 1 aromatic rings. The number of carbonyl (C=O) groups is 4. The summed E-state index contributed by atoms with van der Waals surface area (Å²) in [7, 11) is 0. The van der Waals surface area contributed by atoms with Crippen LogP contribution < -0.4 is 9.47 Å². The summed E-state index contributed by atoms with van der Waals surface area (Å²) in [6.45, 7) is 2.20. The zero-order valence-electron chi connectivity index (χ0n) is 10.1. The summed E-state index contributed by atoms with van der Waals surface area (Å²) in [5, 5.41) is 9.01. The molecule has 0 amide bonds. The van der Waals surface area contributed by atoms with Crippen molar-refractivity contribution in [3.8, 4) is 11.5 Å². The van der Waals surface area contributed by atoms with Crippen molar-refractivity contribution in [1.82, 2.24) is 0 Å². The average Bonchev–Trinajstić information content (AvgIpc) is 2.28. The van der Waals surface area contributed by atoms with E-state index in [2.05, 4.69) is 0 Å². The Morgan fingerprint density at radius 3 is 2.11 bits per heavy atom. The predicted octanol–water partition coefficient (Wildman–Crippen LogP) is 1.05. The Hall–Kier alpha value is -2.70. The summed E-state index contributed by atoms with van der Waals surface area (Å²) in [6.07, 6.45) is 0.303. The van der Waals surface area contributed by atoms with Crippen molar-refractivity contribution in [3.05, 3.63) is 23.3 Å². The lowest BCUT2D eigenvalue weighted by atomic mass is 10.1. The fourth-order valence-electron chi connectivity index (χ4n) is 1.35. The molecule has 0 unspecified atom stereocenters. The van der Waals surface area contributed by atoms with Gasteiger partial charge in [-0.2, -0.15) is 0 Å². The second-order valence-corrected chi connectivity index (χ2v) is 3.50. The van der Waals surface area contributed by atoms with Crippen LogP contribution in [0.25, 0.3) is 0 Å². The zero-order valence-corrected chi connectivity index (χ0v) is 10.1. The van der Waals surface area contributed by atoms with Gasteiger partial charge in [0.05, 0.1) is 5.56 Å². The number of hydrogen-bond donors (Lipinski definition) is 1. The molecule has 0 bridgehead atoms. The molecule has 0 aliphatic carbocycles. The Balaban J connectivity index is 3.43. The highest BCUT2D eigenvalue weighted by Gasteiger charge is 2.20. The van der Waals surface area contributed by atoms with Gasteiger partial charge >= 0.3 is 17.9 Å². The van der Waals surface area contributed by atoms with Gasteiger partial charge in [0.1, 0.15) is 11.3 Å². The number of hydrogen-bond acceptors (Lipinski definition) is 6. The second-order valence-electron chi connectivity index (χ2n) is 3.50. The first kappa shape index (κ1) is 14.4. The number of benzene rings is 1. The van der Waals surface area contributed by atoms with Gasteiger partial charge in [-0.25, -0.2) is 4.79 Å². The molecule has 0 saturated heterocycles. The number of rotatable bonds is 4. The molecule has 0 atom stereocenters. The van der Waals surface area contributed by atoms with Gasteiger partial charge in [-0.3, -0.25) is 14.4 Å². The van der Waals surface area contributed by atoms with Gasteiger partial charge in [0.2, 0.25) is 0 Å². The zero-order chi connectivity index (χ0) is 14.6. The van der Waals surface area contributed by atoms with Gasteiger partial charge in [0.25, 0.3) is 0 Å². The molecule has 1 aromatic carbocycles. The molecule has 0 spiro atoms. The van der Waals surface area contributed by atoms with E-state index in [0.717, 1.165) is 26.0 Å². The Kier molecular flexibility index (Phi) is 4.36. The van der Waals surface area contributed by atoms with Crippen LogP contribution in [0.1, 0.15) is 34.6 Å². The van der Waals surface area contributed by atoms with Gasteiger partial charge in [0.15, 0.2) is 12.0 Å². The molecule has 7 nitrogen and oxygen atoms in total.